The lowest BCUT2D eigenvalue weighted by atomic mass is 9.82. The van der Waals surface area contributed by atoms with Gasteiger partial charge in [0.05, 0.1) is 6.54 Å². The van der Waals surface area contributed by atoms with E-state index in [9.17, 15) is 9.59 Å². The van der Waals surface area contributed by atoms with Crippen molar-refractivity contribution in [3.8, 4) is 0 Å². The van der Waals surface area contributed by atoms with E-state index < -0.39 is 0 Å². The van der Waals surface area contributed by atoms with Crippen LogP contribution in [0.1, 0.15) is 58.8 Å². The number of hydrogen-bond acceptors (Lipinski definition) is 2. The molecule has 0 radical (unpaired) electrons. The highest BCUT2D eigenvalue weighted by atomic mass is 16.2. The van der Waals surface area contributed by atoms with Crippen molar-refractivity contribution in [3.05, 3.63) is 0 Å². The van der Waals surface area contributed by atoms with Gasteiger partial charge in [0.2, 0.25) is 11.8 Å². The van der Waals surface area contributed by atoms with Gasteiger partial charge in [-0.05, 0) is 43.4 Å². The molecule has 0 aromatic carbocycles. The molecule has 21 heavy (non-hydrogen) atoms. The minimum Gasteiger partial charge on any atom is -0.342 e. The molecule has 118 valence electrons. The normalized spacial score (nSPS) is 38.7. The Morgan fingerprint density at radius 3 is 2.33 bits per heavy atom. The standard InChI is InChI=1S/C17H28N2O2/c1-11-8-9-14(12(11)2)19-10-15(20)18-16(17(19)21)13-6-4-3-5-7-13/h11-14,16H,3-10H2,1-2H3,(H,18,20). The van der Waals surface area contributed by atoms with Gasteiger partial charge in [0.1, 0.15) is 6.04 Å². The lowest BCUT2D eigenvalue weighted by molar-refractivity contribution is -0.149. The van der Waals surface area contributed by atoms with Gasteiger partial charge in [-0.15, -0.1) is 0 Å². The zero-order valence-corrected chi connectivity index (χ0v) is 13.3. The quantitative estimate of drug-likeness (QED) is 0.849. The van der Waals surface area contributed by atoms with Gasteiger partial charge in [0.15, 0.2) is 0 Å². The summed E-state index contributed by atoms with van der Waals surface area (Å²) in [4.78, 5) is 26.9. The van der Waals surface area contributed by atoms with Crippen LogP contribution in [0.4, 0.5) is 0 Å². The molecule has 3 rings (SSSR count). The Kier molecular flexibility index (Phi) is 4.23. The summed E-state index contributed by atoms with van der Waals surface area (Å²) in [5.41, 5.74) is 0. The van der Waals surface area contributed by atoms with E-state index in [0.29, 0.717) is 17.8 Å². The third-order valence-corrected chi connectivity index (χ3v) is 6.12. The molecule has 1 heterocycles. The summed E-state index contributed by atoms with van der Waals surface area (Å²) < 4.78 is 0. The van der Waals surface area contributed by atoms with Gasteiger partial charge >= 0.3 is 0 Å². The Bertz CT molecular complexity index is 417. The van der Waals surface area contributed by atoms with Crippen molar-refractivity contribution in [2.75, 3.05) is 6.54 Å². The molecule has 3 aliphatic rings. The zero-order valence-electron chi connectivity index (χ0n) is 13.3. The van der Waals surface area contributed by atoms with Gasteiger partial charge in [-0.25, -0.2) is 0 Å². The van der Waals surface area contributed by atoms with Crippen molar-refractivity contribution in [2.24, 2.45) is 17.8 Å². The molecule has 1 saturated heterocycles. The predicted octanol–water partition coefficient (Wildman–Crippen LogP) is 2.33. The molecule has 2 saturated carbocycles. The highest BCUT2D eigenvalue weighted by Crippen LogP contribution is 2.36. The summed E-state index contributed by atoms with van der Waals surface area (Å²) in [5, 5.41) is 2.99. The molecule has 3 fully saturated rings. The fraction of sp³-hybridized carbons (Fsp3) is 0.882. The Balaban J connectivity index is 1.75. The molecule has 0 aromatic rings. The molecular formula is C17H28N2O2. The summed E-state index contributed by atoms with van der Waals surface area (Å²) in [6, 6.07) is 0.0132. The molecule has 0 aromatic heterocycles. The van der Waals surface area contributed by atoms with Crippen LogP contribution in [-0.4, -0.2) is 35.3 Å². The average molecular weight is 292 g/mol. The van der Waals surface area contributed by atoms with E-state index in [1.165, 1.54) is 25.7 Å². The van der Waals surface area contributed by atoms with Crippen molar-refractivity contribution in [3.63, 3.8) is 0 Å². The monoisotopic (exact) mass is 292 g/mol. The minimum atomic E-state index is -0.255. The number of hydrogen-bond donors (Lipinski definition) is 1. The highest BCUT2D eigenvalue weighted by Gasteiger charge is 2.44. The molecule has 4 heteroatoms. The van der Waals surface area contributed by atoms with E-state index >= 15 is 0 Å². The number of amides is 2. The summed E-state index contributed by atoms with van der Waals surface area (Å²) in [6.45, 7) is 4.76. The first-order chi connectivity index (χ1) is 10.1. The van der Waals surface area contributed by atoms with Gasteiger partial charge < -0.3 is 10.2 Å². The molecule has 4 atom stereocenters. The van der Waals surface area contributed by atoms with E-state index in [1.54, 1.807) is 0 Å². The first-order valence-electron chi connectivity index (χ1n) is 8.67. The van der Waals surface area contributed by atoms with Crippen LogP contribution in [0.25, 0.3) is 0 Å². The summed E-state index contributed by atoms with van der Waals surface area (Å²) in [7, 11) is 0. The number of piperazine rings is 1. The second-order valence-electron chi connectivity index (χ2n) is 7.39. The Labute approximate surface area is 127 Å². The largest absolute Gasteiger partial charge is 0.342 e. The smallest absolute Gasteiger partial charge is 0.246 e. The summed E-state index contributed by atoms with van der Waals surface area (Å²) in [6.07, 6.45) is 8.06. The maximum absolute atomic E-state index is 12.9. The van der Waals surface area contributed by atoms with E-state index in [4.69, 9.17) is 0 Å². The van der Waals surface area contributed by atoms with Crippen molar-refractivity contribution in [2.45, 2.75) is 70.9 Å². The van der Waals surface area contributed by atoms with Crippen LogP contribution in [0.15, 0.2) is 0 Å². The van der Waals surface area contributed by atoms with Gasteiger partial charge in [-0.3, -0.25) is 9.59 Å². The van der Waals surface area contributed by atoms with E-state index in [2.05, 4.69) is 19.2 Å². The number of carbonyl (C=O) groups is 2. The van der Waals surface area contributed by atoms with E-state index in [0.717, 1.165) is 19.3 Å². The van der Waals surface area contributed by atoms with Gasteiger partial charge in [-0.1, -0.05) is 33.1 Å². The Morgan fingerprint density at radius 1 is 1.00 bits per heavy atom. The van der Waals surface area contributed by atoms with Crippen LogP contribution < -0.4 is 5.32 Å². The molecule has 1 N–H and O–H groups in total. The maximum Gasteiger partial charge on any atom is 0.246 e. The van der Waals surface area contributed by atoms with Crippen LogP contribution in [0.2, 0.25) is 0 Å². The van der Waals surface area contributed by atoms with Gasteiger partial charge in [-0.2, -0.15) is 0 Å². The fourth-order valence-corrected chi connectivity index (χ4v) is 4.54. The van der Waals surface area contributed by atoms with E-state index in [1.807, 2.05) is 4.90 Å². The Morgan fingerprint density at radius 2 is 1.71 bits per heavy atom. The molecule has 0 spiro atoms. The highest BCUT2D eigenvalue weighted by molar-refractivity contribution is 5.95. The summed E-state index contributed by atoms with van der Waals surface area (Å²) in [5.74, 6) is 1.74. The van der Waals surface area contributed by atoms with Crippen molar-refractivity contribution in [1.29, 1.82) is 0 Å². The minimum absolute atomic E-state index is 0.0388. The molecule has 4 unspecified atom stereocenters. The molecule has 4 nitrogen and oxygen atoms in total. The van der Waals surface area contributed by atoms with E-state index in [-0.39, 0.29) is 30.4 Å². The fourth-order valence-electron chi connectivity index (χ4n) is 4.54. The van der Waals surface area contributed by atoms with Crippen LogP contribution in [0.5, 0.6) is 0 Å². The van der Waals surface area contributed by atoms with Crippen LogP contribution in [-0.2, 0) is 9.59 Å². The molecule has 1 aliphatic heterocycles. The first kappa shape index (κ1) is 14.9. The number of rotatable bonds is 2. The first-order valence-corrected chi connectivity index (χ1v) is 8.67. The lowest BCUT2D eigenvalue weighted by Crippen LogP contribution is -2.63. The lowest BCUT2D eigenvalue weighted by Gasteiger charge is -2.41. The molecule has 2 amide bonds. The Hall–Kier alpha value is -1.06. The number of nitrogens with zero attached hydrogens (tertiary/aromatic N) is 1. The van der Waals surface area contributed by atoms with Crippen molar-refractivity contribution < 1.29 is 9.59 Å². The maximum atomic E-state index is 12.9. The van der Waals surface area contributed by atoms with Crippen molar-refractivity contribution >= 4 is 11.8 Å². The topological polar surface area (TPSA) is 49.4 Å². The van der Waals surface area contributed by atoms with Crippen molar-refractivity contribution in [1.82, 2.24) is 10.2 Å². The average Bonchev–Trinajstić information content (AvgIpc) is 2.82. The second kappa shape index (κ2) is 5.98. The third kappa shape index (κ3) is 2.82. The third-order valence-electron chi connectivity index (χ3n) is 6.12. The second-order valence-corrected chi connectivity index (χ2v) is 7.39. The number of nitrogens with one attached hydrogen (secondary N) is 1. The van der Waals surface area contributed by atoms with Gasteiger partial charge in [0.25, 0.3) is 0 Å². The van der Waals surface area contributed by atoms with Crippen LogP contribution in [0.3, 0.4) is 0 Å². The molecular weight excluding hydrogens is 264 g/mol. The van der Waals surface area contributed by atoms with Gasteiger partial charge in [0, 0.05) is 6.04 Å². The molecule has 2 aliphatic carbocycles. The predicted molar refractivity (Wildman–Crippen MR) is 81.6 cm³/mol. The summed E-state index contributed by atoms with van der Waals surface area (Å²) >= 11 is 0. The SMILES string of the molecule is CC1CCC(N2CC(=O)NC(C3CCCCC3)C2=O)C1C. The number of carbonyl (C=O) groups excluding carboxylic acids is 2. The van der Waals surface area contributed by atoms with Crippen LogP contribution >= 0.6 is 0 Å². The zero-order chi connectivity index (χ0) is 15.0. The molecule has 0 bridgehead atoms. The van der Waals surface area contributed by atoms with Crippen LogP contribution in [0, 0.1) is 17.8 Å².